The highest BCUT2D eigenvalue weighted by atomic mass is 32.2. The fourth-order valence-electron chi connectivity index (χ4n) is 3.44. The van der Waals surface area contributed by atoms with Crippen LogP contribution in [0.25, 0.3) is 0 Å². The Morgan fingerprint density at radius 3 is 2.81 bits per heavy atom. The Morgan fingerprint density at radius 2 is 2.05 bits per heavy atom. The van der Waals surface area contributed by atoms with Gasteiger partial charge < -0.3 is 5.73 Å². The third-order valence-corrected chi connectivity index (χ3v) is 6.21. The first-order valence-corrected chi connectivity index (χ1v) is 9.08. The number of nitrogens with two attached hydrogens (primary N) is 1. The minimum Gasteiger partial charge on any atom is -0.398 e. The summed E-state index contributed by atoms with van der Waals surface area (Å²) in [4.78, 5) is 2.68. The van der Waals surface area contributed by atoms with Gasteiger partial charge in [-0.05, 0) is 50.4 Å². The van der Waals surface area contributed by atoms with Gasteiger partial charge in [0.05, 0.1) is 4.90 Å². The Balaban J connectivity index is 1.78. The minimum absolute atomic E-state index is 0.0258. The van der Waals surface area contributed by atoms with Crippen LogP contribution in [0.3, 0.4) is 0 Å². The number of rotatable bonds is 3. The van der Waals surface area contributed by atoms with Gasteiger partial charge in [0, 0.05) is 24.3 Å². The number of anilines is 1. The number of nitrogens with zero attached hydrogens (tertiary/aromatic N) is 1. The van der Waals surface area contributed by atoms with Gasteiger partial charge in [-0.1, -0.05) is 12.5 Å². The van der Waals surface area contributed by atoms with Crippen LogP contribution in [0.4, 0.5) is 5.69 Å². The van der Waals surface area contributed by atoms with Crippen molar-refractivity contribution in [2.24, 2.45) is 0 Å². The topological polar surface area (TPSA) is 75.4 Å². The van der Waals surface area contributed by atoms with Gasteiger partial charge >= 0.3 is 0 Å². The number of fused-ring (bicyclic) bond motifs is 1. The molecule has 2 saturated heterocycles. The molecule has 5 nitrogen and oxygen atoms in total. The van der Waals surface area contributed by atoms with Crippen molar-refractivity contribution >= 4 is 15.7 Å². The predicted octanol–water partition coefficient (Wildman–Crippen LogP) is 1.48. The van der Waals surface area contributed by atoms with E-state index < -0.39 is 10.0 Å². The monoisotopic (exact) mass is 309 g/mol. The first-order chi connectivity index (χ1) is 9.97. The fraction of sp³-hybridized carbons (Fsp3) is 0.600. The van der Waals surface area contributed by atoms with Gasteiger partial charge in [-0.25, -0.2) is 13.1 Å². The van der Waals surface area contributed by atoms with E-state index >= 15 is 0 Å². The van der Waals surface area contributed by atoms with Gasteiger partial charge in [0.2, 0.25) is 10.0 Å². The zero-order valence-corrected chi connectivity index (χ0v) is 13.2. The van der Waals surface area contributed by atoms with Gasteiger partial charge in [0.25, 0.3) is 0 Å². The molecule has 0 radical (unpaired) electrons. The first-order valence-electron chi connectivity index (χ1n) is 7.60. The lowest BCUT2D eigenvalue weighted by atomic mass is 10.00. The second kappa shape index (κ2) is 5.59. The molecular formula is C15H23N3O2S. The molecule has 1 aromatic rings. The van der Waals surface area contributed by atoms with E-state index in [4.69, 9.17) is 5.73 Å². The third kappa shape index (κ3) is 2.93. The number of hydrogen-bond donors (Lipinski definition) is 2. The molecular weight excluding hydrogens is 286 g/mol. The molecule has 2 aliphatic heterocycles. The van der Waals surface area contributed by atoms with E-state index in [0.717, 1.165) is 31.5 Å². The highest BCUT2D eigenvalue weighted by Crippen LogP contribution is 2.28. The Morgan fingerprint density at radius 1 is 1.24 bits per heavy atom. The molecule has 3 N–H and O–H groups in total. The predicted molar refractivity (Wildman–Crippen MR) is 83.5 cm³/mol. The number of nitrogens with one attached hydrogen (secondary N) is 1. The molecule has 0 saturated carbocycles. The SMILES string of the molecule is Cc1ccc(S(=O)(=O)NC2CCN3CCCCC23)cc1N. The summed E-state index contributed by atoms with van der Waals surface area (Å²) in [6.07, 6.45) is 4.40. The summed E-state index contributed by atoms with van der Waals surface area (Å²) in [7, 11) is -3.49. The summed E-state index contributed by atoms with van der Waals surface area (Å²) in [5.74, 6) is 0. The van der Waals surface area contributed by atoms with Gasteiger partial charge in [0.1, 0.15) is 0 Å². The molecule has 0 aromatic heterocycles. The molecule has 2 fully saturated rings. The van der Waals surface area contributed by atoms with Crippen LogP contribution in [0.2, 0.25) is 0 Å². The lowest BCUT2D eigenvalue weighted by Gasteiger charge is -2.32. The Kier molecular flexibility index (Phi) is 3.94. The largest absolute Gasteiger partial charge is 0.398 e. The second-order valence-electron chi connectivity index (χ2n) is 6.13. The van der Waals surface area contributed by atoms with Crippen LogP contribution in [0.15, 0.2) is 23.1 Å². The molecule has 2 heterocycles. The van der Waals surface area contributed by atoms with Gasteiger partial charge in [-0.15, -0.1) is 0 Å². The third-order valence-electron chi connectivity index (χ3n) is 4.72. The molecule has 0 aliphatic carbocycles. The number of nitrogen functional groups attached to an aromatic ring is 1. The molecule has 6 heteroatoms. The molecule has 21 heavy (non-hydrogen) atoms. The van der Waals surface area contributed by atoms with Crippen LogP contribution in [0.5, 0.6) is 0 Å². The maximum absolute atomic E-state index is 12.5. The van der Waals surface area contributed by atoms with Crippen molar-refractivity contribution in [3.05, 3.63) is 23.8 Å². The van der Waals surface area contributed by atoms with Crippen molar-refractivity contribution in [1.29, 1.82) is 0 Å². The molecule has 0 bridgehead atoms. The average Bonchev–Trinajstić information content (AvgIpc) is 2.85. The summed E-state index contributed by atoms with van der Waals surface area (Å²) < 4.78 is 28.0. The van der Waals surface area contributed by atoms with Crippen LogP contribution in [-0.2, 0) is 10.0 Å². The molecule has 0 spiro atoms. The van der Waals surface area contributed by atoms with Crippen molar-refractivity contribution in [2.45, 2.75) is 49.6 Å². The van der Waals surface area contributed by atoms with Crippen molar-refractivity contribution in [1.82, 2.24) is 9.62 Å². The average molecular weight is 309 g/mol. The number of hydrogen-bond acceptors (Lipinski definition) is 4. The Hall–Kier alpha value is -1.11. The number of aryl methyl sites for hydroxylation is 1. The van der Waals surface area contributed by atoms with Crippen molar-refractivity contribution in [2.75, 3.05) is 18.8 Å². The summed E-state index contributed by atoms with van der Waals surface area (Å²) in [5, 5.41) is 0. The zero-order chi connectivity index (χ0) is 15.0. The lowest BCUT2D eigenvalue weighted by molar-refractivity contribution is 0.186. The molecule has 2 aliphatic rings. The highest BCUT2D eigenvalue weighted by Gasteiger charge is 2.37. The summed E-state index contributed by atoms with van der Waals surface area (Å²) in [6.45, 7) is 3.96. The van der Waals surface area contributed by atoms with Crippen LogP contribution in [-0.4, -0.2) is 38.5 Å². The smallest absolute Gasteiger partial charge is 0.240 e. The van der Waals surface area contributed by atoms with Crippen LogP contribution < -0.4 is 10.5 Å². The first kappa shape index (κ1) is 14.8. The number of benzene rings is 1. The normalized spacial score (nSPS) is 26.7. The van der Waals surface area contributed by atoms with Crippen LogP contribution >= 0.6 is 0 Å². The van der Waals surface area contributed by atoms with Crippen molar-refractivity contribution < 1.29 is 8.42 Å². The molecule has 0 amide bonds. The van der Waals surface area contributed by atoms with E-state index in [1.165, 1.54) is 12.8 Å². The van der Waals surface area contributed by atoms with Gasteiger partial charge in [-0.3, -0.25) is 4.90 Å². The van der Waals surface area contributed by atoms with E-state index in [-0.39, 0.29) is 10.9 Å². The van der Waals surface area contributed by atoms with Crippen molar-refractivity contribution in [3.63, 3.8) is 0 Å². The van der Waals surface area contributed by atoms with E-state index in [1.807, 2.05) is 6.92 Å². The van der Waals surface area contributed by atoms with Gasteiger partial charge in [-0.2, -0.15) is 0 Å². The lowest BCUT2D eigenvalue weighted by Crippen LogP contribution is -2.46. The summed E-state index contributed by atoms with van der Waals surface area (Å²) >= 11 is 0. The number of sulfonamides is 1. The van der Waals surface area contributed by atoms with Crippen LogP contribution in [0.1, 0.15) is 31.2 Å². The standard InChI is InChI=1S/C15H23N3O2S/c1-11-5-6-12(10-13(11)16)21(19,20)17-14-7-9-18-8-3-2-4-15(14)18/h5-6,10,14-15,17H,2-4,7-9,16H2,1H3. The van der Waals surface area contributed by atoms with E-state index in [1.54, 1.807) is 18.2 Å². The summed E-state index contributed by atoms with van der Waals surface area (Å²) in [5.41, 5.74) is 7.24. The van der Waals surface area contributed by atoms with E-state index in [0.29, 0.717) is 11.7 Å². The quantitative estimate of drug-likeness (QED) is 0.829. The molecule has 3 rings (SSSR count). The maximum Gasteiger partial charge on any atom is 0.240 e. The van der Waals surface area contributed by atoms with Crippen LogP contribution in [0, 0.1) is 6.92 Å². The Bertz CT molecular complexity index is 630. The molecule has 2 unspecified atom stereocenters. The van der Waals surface area contributed by atoms with E-state index in [2.05, 4.69) is 9.62 Å². The summed E-state index contributed by atoms with van der Waals surface area (Å²) in [6, 6.07) is 5.31. The molecule has 1 aromatic carbocycles. The molecule has 116 valence electrons. The molecule has 2 atom stereocenters. The maximum atomic E-state index is 12.5. The number of piperidine rings is 1. The highest BCUT2D eigenvalue weighted by molar-refractivity contribution is 7.89. The zero-order valence-electron chi connectivity index (χ0n) is 12.4. The Labute approximate surface area is 126 Å². The fourth-order valence-corrected chi connectivity index (χ4v) is 4.78. The van der Waals surface area contributed by atoms with Crippen molar-refractivity contribution in [3.8, 4) is 0 Å². The second-order valence-corrected chi connectivity index (χ2v) is 7.85. The van der Waals surface area contributed by atoms with Gasteiger partial charge in [0.15, 0.2) is 0 Å². The minimum atomic E-state index is -3.49. The van der Waals surface area contributed by atoms with E-state index in [9.17, 15) is 8.42 Å².